The number of rotatable bonds is 2. The molecular formula is C12H10O3. The maximum absolute atomic E-state index is 11.0. The average Bonchev–Trinajstić information content (AvgIpc) is 2.27. The SMILES string of the molecule is COc1cccc2cccc(C(=O)O)c12. The Labute approximate surface area is 86.9 Å². The first kappa shape index (κ1) is 9.52. The highest BCUT2D eigenvalue weighted by Crippen LogP contribution is 2.28. The van der Waals surface area contributed by atoms with Crippen LogP contribution in [0, 0.1) is 0 Å². The second kappa shape index (κ2) is 3.61. The monoisotopic (exact) mass is 202 g/mol. The number of ether oxygens (including phenoxy) is 1. The van der Waals surface area contributed by atoms with Crippen molar-refractivity contribution < 1.29 is 14.6 Å². The van der Waals surface area contributed by atoms with Crippen LogP contribution in [-0.2, 0) is 0 Å². The number of carboxylic acids is 1. The number of benzene rings is 2. The largest absolute Gasteiger partial charge is 0.496 e. The Morgan fingerprint density at radius 2 is 1.87 bits per heavy atom. The van der Waals surface area contributed by atoms with Crippen LogP contribution < -0.4 is 4.74 Å². The van der Waals surface area contributed by atoms with Crippen molar-refractivity contribution in [1.82, 2.24) is 0 Å². The fraction of sp³-hybridized carbons (Fsp3) is 0.0833. The first-order valence-electron chi connectivity index (χ1n) is 4.53. The lowest BCUT2D eigenvalue weighted by molar-refractivity contribution is 0.0699. The number of carbonyl (C=O) groups is 1. The Kier molecular flexibility index (Phi) is 2.29. The lowest BCUT2D eigenvalue weighted by Crippen LogP contribution is -1.98. The lowest BCUT2D eigenvalue weighted by Gasteiger charge is -2.07. The van der Waals surface area contributed by atoms with Gasteiger partial charge in [0.15, 0.2) is 0 Å². The molecule has 0 spiro atoms. The van der Waals surface area contributed by atoms with Crippen LogP contribution in [-0.4, -0.2) is 18.2 Å². The number of methoxy groups -OCH3 is 1. The van der Waals surface area contributed by atoms with Crippen LogP contribution in [0.25, 0.3) is 10.8 Å². The van der Waals surface area contributed by atoms with E-state index in [0.717, 1.165) is 5.39 Å². The summed E-state index contributed by atoms with van der Waals surface area (Å²) in [6.45, 7) is 0. The number of carboxylic acid groups (broad SMARTS) is 1. The van der Waals surface area contributed by atoms with Gasteiger partial charge in [-0.1, -0.05) is 24.3 Å². The maximum Gasteiger partial charge on any atom is 0.336 e. The molecule has 2 aromatic carbocycles. The molecule has 2 rings (SSSR count). The molecule has 1 N–H and O–H groups in total. The molecule has 15 heavy (non-hydrogen) atoms. The third-order valence-electron chi connectivity index (χ3n) is 2.32. The van der Waals surface area contributed by atoms with Crippen molar-refractivity contribution >= 4 is 16.7 Å². The van der Waals surface area contributed by atoms with Gasteiger partial charge in [-0.25, -0.2) is 4.79 Å². The van der Waals surface area contributed by atoms with Crippen LogP contribution >= 0.6 is 0 Å². The summed E-state index contributed by atoms with van der Waals surface area (Å²) in [5, 5.41) is 10.6. The third-order valence-corrected chi connectivity index (χ3v) is 2.32. The molecule has 0 aliphatic rings. The van der Waals surface area contributed by atoms with Crippen LogP contribution in [0.1, 0.15) is 10.4 Å². The summed E-state index contributed by atoms with van der Waals surface area (Å²) in [6, 6.07) is 10.6. The zero-order valence-corrected chi connectivity index (χ0v) is 8.23. The van der Waals surface area contributed by atoms with Gasteiger partial charge >= 0.3 is 5.97 Å². The minimum atomic E-state index is -0.940. The van der Waals surface area contributed by atoms with Gasteiger partial charge in [-0.15, -0.1) is 0 Å². The standard InChI is InChI=1S/C12H10O3/c1-15-10-7-3-5-8-4-2-6-9(11(8)10)12(13)14/h2-7H,1H3,(H,13,14). The van der Waals surface area contributed by atoms with E-state index in [9.17, 15) is 4.79 Å². The smallest absolute Gasteiger partial charge is 0.336 e. The summed E-state index contributed by atoms with van der Waals surface area (Å²) in [4.78, 5) is 11.0. The summed E-state index contributed by atoms with van der Waals surface area (Å²) in [5.41, 5.74) is 0.268. The van der Waals surface area contributed by atoms with Crippen LogP contribution in [0.2, 0.25) is 0 Å². The van der Waals surface area contributed by atoms with Gasteiger partial charge in [-0.2, -0.15) is 0 Å². The molecule has 0 saturated carbocycles. The van der Waals surface area contributed by atoms with Crippen LogP contribution in [0.3, 0.4) is 0 Å². The first-order valence-corrected chi connectivity index (χ1v) is 4.53. The Morgan fingerprint density at radius 3 is 2.47 bits per heavy atom. The van der Waals surface area contributed by atoms with Gasteiger partial charge in [0.1, 0.15) is 5.75 Å². The van der Waals surface area contributed by atoms with E-state index in [1.54, 1.807) is 18.2 Å². The van der Waals surface area contributed by atoms with E-state index in [2.05, 4.69) is 0 Å². The van der Waals surface area contributed by atoms with Crippen molar-refractivity contribution in [2.24, 2.45) is 0 Å². The van der Waals surface area contributed by atoms with E-state index in [4.69, 9.17) is 9.84 Å². The Morgan fingerprint density at radius 1 is 1.20 bits per heavy atom. The predicted octanol–water partition coefficient (Wildman–Crippen LogP) is 2.55. The highest BCUT2D eigenvalue weighted by molar-refractivity contribution is 6.06. The van der Waals surface area contributed by atoms with E-state index in [-0.39, 0.29) is 5.56 Å². The van der Waals surface area contributed by atoms with E-state index < -0.39 is 5.97 Å². The maximum atomic E-state index is 11.0. The van der Waals surface area contributed by atoms with Crippen molar-refractivity contribution in [1.29, 1.82) is 0 Å². The van der Waals surface area contributed by atoms with Gasteiger partial charge in [0, 0.05) is 5.39 Å². The molecule has 0 bridgehead atoms. The van der Waals surface area contributed by atoms with Gasteiger partial charge in [0.05, 0.1) is 12.7 Å². The van der Waals surface area contributed by atoms with Crippen molar-refractivity contribution in [3.05, 3.63) is 42.0 Å². The molecule has 0 fully saturated rings. The first-order chi connectivity index (χ1) is 7.24. The number of aromatic carboxylic acids is 1. The molecular weight excluding hydrogens is 192 g/mol. The average molecular weight is 202 g/mol. The summed E-state index contributed by atoms with van der Waals surface area (Å²) in [7, 11) is 1.54. The van der Waals surface area contributed by atoms with Gasteiger partial charge in [0.2, 0.25) is 0 Å². The summed E-state index contributed by atoms with van der Waals surface area (Å²) >= 11 is 0. The van der Waals surface area contributed by atoms with Crippen LogP contribution in [0.5, 0.6) is 5.75 Å². The van der Waals surface area contributed by atoms with Gasteiger partial charge in [-0.05, 0) is 17.5 Å². The number of hydrogen-bond donors (Lipinski definition) is 1. The van der Waals surface area contributed by atoms with Crippen molar-refractivity contribution in [3.63, 3.8) is 0 Å². The summed E-state index contributed by atoms with van der Waals surface area (Å²) in [5.74, 6) is -0.351. The van der Waals surface area contributed by atoms with E-state index in [1.807, 2.05) is 18.2 Å². The minimum Gasteiger partial charge on any atom is -0.496 e. The van der Waals surface area contributed by atoms with E-state index in [1.165, 1.54) is 7.11 Å². The fourth-order valence-electron chi connectivity index (χ4n) is 1.65. The van der Waals surface area contributed by atoms with Gasteiger partial charge in [0.25, 0.3) is 0 Å². The normalized spacial score (nSPS) is 10.2. The number of hydrogen-bond acceptors (Lipinski definition) is 2. The number of fused-ring (bicyclic) bond motifs is 1. The molecule has 0 amide bonds. The molecule has 0 saturated heterocycles. The quantitative estimate of drug-likeness (QED) is 0.814. The molecule has 0 radical (unpaired) electrons. The molecule has 0 heterocycles. The van der Waals surface area contributed by atoms with E-state index >= 15 is 0 Å². The summed E-state index contributed by atoms with van der Waals surface area (Å²) < 4.78 is 5.15. The highest BCUT2D eigenvalue weighted by Gasteiger charge is 2.11. The second-order valence-electron chi connectivity index (χ2n) is 3.17. The zero-order valence-electron chi connectivity index (χ0n) is 8.23. The van der Waals surface area contributed by atoms with Crippen molar-refractivity contribution in [2.75, 3.05) is 7.11 Å². The molecule has 3 heteroatoms. The molecule has 2 aromatic rings. The zero-order chi connectivity index (χ0) is 10.8. The molecule has 0 aliphatic heterocycles. The lowest BCUT2D eigenvalue weighted by atomic mass is 10.0. The minimum absolute atomic E-state index is 0.268. The van der Waals surface area contributed by atoms with Crippen LogP contribution in [0.15, 0.2) is 36.4 Å². The molecule has 0 aromatic heterocycles. The van der Waals surface area contributed by atoms with Crippen molar-refractivity contribution in [3.8, 4) is 5.75 Å². The highest BCUT2D eigenvalue weighted by atomic mass is 16.5. The topological polar surface area (TPSA) is 46.5 Å². The van der Waals surface area contributed by atoms with Crippen LogP contribution in [0.4, 0.5) is 0 Å². The molecule has 0 atom stereocenters. The predicted molar refractivity (Wildman–Crippen MR) is 57.5 cm³/mol. The molecule has 3 nitrogen and oxygen atoms in total. The third kappa shape index (κ3) is 1.52. The van der Waals surface area contributed by atoms with Crippen molar-refractivity contribution in [2.45, 2.75) is 0 Å². The Hall–Kier alpha value is -2.03. The van der Waals surface area contributed by atoms with Gasteiger partial charge < -0.3 is 9.84 Å². The van der Waals surface area contributed by atoms with E-state index in [0.29, 0.717) is 11.1 Å². The summed E-state index contributed by atoms with van der Waals surface area (Å²) in [6.07, 6.45) is 0. The molecule has 0 aliphatic carbocycles. The second-order valence-corrected chi connectivity index (χ2v) is 3.17. The Balaban J connectivity index is 2.87. The van der Waals surface area contributed by atoms with Gasteiger partial charge in [-0.3, -0.25) is 0 Å². The molecule has 76 valence electrons. The Bertz CT molecular complexity index is 512. The molecule has 0 unspecified atom stereocenters. The fourth-order valence-corrected chi connectivity index (χ4v) is 1.65.